The van der Waals surface area contributed by atoms with Crippen LogP contribution in [0.1, 0.15) is 43.8 Å². The van der Waals surface area contributed by atoms with Gasteiger partial charge in [-0.15, -0.1) is 0 Å². The van der Waals surface area contributed by atoms with Gasteiger partial charge >= 0.3 is 0 Å². The third kappa shape index (κ3) is 3.43. The summed E-state index contributed by atoms with van der Waals surface area (Å²) in [5, 5.41) is 0. The molecule has 2 rings (SSSR count). The van der Waals surface area contributed by atoms with Gasteiger partial charge in [-0.2, -0.15) is 0 Å². The van der Waals surface area contributed by atoms with Crippen LogP contribution < -0.4 is 0 Å². The molecule has 0 heterocycles. The number of hydrogen-bond acceptors (Lipinski definition) is 0. The Hall–Kier alpha value is -0.600. The Morgan fingerprint density at radius 2 is 1.38 bits per heavy atom. The summed E-state index contributed by atoms with van der Waals surface area (Å²) < 4.78 is 1.14. The highest BCUT2D eigenvalue weighted by molar-refractivity contribution is 9.10. The summed E-state index contributed by atoms with van der Waals surface area (Å²) in [6, 6.07) is 8.57. The van der Waals surface area contributed by atoms with Crippen molar-refractivity contribution < 1.29 is 0 Å². The third-order valence-electron chi connectivity index (χ3n) is 4.68. The molecule has 2 aromatic carbocycles. The summed E-state index contributed by atoms with van der Waals surface area (Å²) >= 11 is 7.48. The minimum absolute atomic E-state index is 0.352. The smallest absolute Gasteiger partial charge is 0.0441 e. The molecule has 0 spiro atoms. The van der Waals surface area contributed by atoms with E-state index in [1.165, 1.54) is 38.9 Å². The zero-order valence-corrected chi connectivity index (χ0v) is 16.5. The van der Waals surface area contributed by atoms with Crippen molar-refractivity contribution in [1.29, 1.82) is 0 Å². The molecule has 21 heavy (non-hydrogen) atoms. The van der Waals surface area contributed by atoms with Crippen molar-refractivity contribution in [2.24, 2.45) is 0 Å². The first kappa shape index (κ1) is 16.8. The highest BCUT2D eigenvalue weighted by Crippen LogP contribution is 2.36. The average molecular weight is 410 g/mol. The van der Waals surface area contributed by atoms with E-state index in [1.807, 2.05) is 0 Å². The Kier molecular flexibility index (Phi) is 5.32. The van der Waals surface area contributed by atoms with Crippen LogP contribution in [0.15, 0.2) is 28.7 Å². The van der Waals surface area contributed by atoms with Crippen molar-refractivity contribution in [2.45, 2.75) is 45.9 Å². The van der Waals surface area contributed by atoms with Crippen molar-refractivity contribution in [3.05, 3.63) is 67.7 Å². The van der Waals surface area contributed by atoms with E-state index in [0.29, 0.717) is 4.83 Å². The van der Waals surface area contributed by atoms with Gasteiger partial charge in [0.2, 0.25) is 0 Å². The first-order valence-corrected chi connectivity index (χ1v) is 8.99. The molecule has 2 heteroatoms. The molecule has 0 aliphatic rings. The van der Waals surface area contributed by atoms with Gasteiger partial charge in [0.25, 0.3) is 0 Å². The van der Waals surface area contributed by atoms with Gasteiger partial charge in [-0.25, -0.2) is 0 Å². The molecular formula is C19H22Br2. The lowest BCUT2D eigenvalue weighted by atomic mass is 9.87. The van der Waals surface area contributed by atoms with E-state index in [1.54, 1.807) is 0 Å². The lowest BCUT2D eigenvalue weighted by Crippen LogP contribution is -2.06. The summed E-state index contributed by atoms with van der Waals surface area (Å²) in [4.78, 5) is 0.352. The molecule has 0 bridgehead atoms. The molecule has 0 aliphatic heterocycles. The molecule has 0 aliphatic carbocycles. The van der Waals surface area contributed by atoms with Gasteiger partial charge in [0.15, 0.2) is 0 Å². The number of rotatable bonds is 3. The molecule has 0 amide bonds. The molecule has 0 fully saturated rings. The second-order valence-electron chi connectivity index (χ2n) is 5.84. The van der Waals surface area contributed by atoms with Crippen molar-refractivity contribution in [3.63, 3.8) is 0 Å². The van der Waals surface area contributed by atoms with Gasteiger partial charge in [-0.3, -0.25) is 0 Å². The lowest BCUT2D eigenvalue weighted by molar-refractivity contribution is 0.914. The maximum Gasteiger partial charge on any atom is 0.0441 e. The van der Waals surface area contributed by atoms with Crippen LogP contribution >= 0.6 is 31.9 Å². The number of alkyl halides is 1. The summed E-state index contributed by atoms with van der Waals surface area (Å²) in [5.74, 6) is 0. The Labute approximate surface area is 145 Å². The molecule has 2 aromatic rings. The first-order chi connectivity index (χ1) is 9.82. The summed E-state index contributed by atoms with van der Waals surface area (Å²) in [6.45, 7) is 11.2. The van der Waals surface area contributed by atoms with Crippen molar-refractivity contribution >= 4 is 31.9 Å². The number of hydrogen-bond donors (Lipinski definition) is 0. The topological polar surface area (TPSA) is 0 Å². The first-order valence-electron chi connectivity index (χ1n) is 7.28. The molecule has 1 unspecified atom stereocenters. The molecule has 0 aromatic heterocycles. The minimum Gasteiger partial charge on any atom is -0.0835 e. The number of halogens is 2. The van der Waals surface area contributed by atoms with Crippen LogP contribution in [0.3, 0.4) is 0 Å². The SMILES string of the molecule is Cc1c(C)c(C)c(C(Br)Cc2cccc(Br)c2)c(C)c1C. The molecule has 0 N–H and O–H groups in total. The highest BCUT2D eigenvalue weighted by atomic mass is 79.9. The average Bonchev–Trinajstić information content (AvgIpc) is 2.43. The molecule has 0 saturated carbocycles. The zero-order valence-electron chi connectivity index (χ0n) is 13.3. The summed E-state index contributed by atoms with van der Waals surface area (Å²) in [5.41, 5.74) is 9.92. The fraction of sp³-hybridized carbons (Fsp3) is 0.368. The molecule has 0 radical (unpaired) electrons. The van der Waals surface area contributed by atoms with E-state index in [-0.39, 0.29) is 0 Å². The molecule has 0 nitrogen and oxygen atoms in total. The maximum atomic E-state index is 3.93. The van der Waals surface area contributed by atoms with Gasteiger partial charge in [0, 0.05) is 9.30 Å². The summed E-state index contributed by atoms with van der Waals surface area (Å²) in [6.07, 6.45) is 1.00. The predicted octanol–water partition coefficient (Wildman–Crippen LogP) is 6.67. The van der Waals surface area contributed by atoms with Crippen LogP contribution in [0.2, 0.25) is 0 Å². The van der Waals surface area contributed by atoms with Crippen molar-refractivity contribution in [1.82, 2.24) is 0 Å². The lowest BCUT2D eigenvalue weighted by Gasteiger charge is -2.22. The van der Waals surface area contributed by atoms with Gasteiger partial charge in [0.1, 0.15) is 0 Å². The van der Waals surface area contributed by atoms with Crippen LogP contribution in [-0.2, 0) is 6.42 Å². The van der Waals surface area contributed by atoms with Crippen LogP contribution in [0.25, 0.3) is 0 Å². The largest absolute Gasteiger partial charge is 0.0835 e. The van der Waals surface area contributed by atoms with E-state index in [0.717, 1.165) is 10.9 Å². The molecule has 1 atom stereocenters. The Morgan fingerprint density at radius 3 is 1.90 bits per heavy atom. The molecular weight excluding hydrogens is 388 g/mol. The zero-order chi connectivity index (χ0) is 15.7. The Bertz CT molecular complexity index is 643. The summed E-state index contributed by atoms with van der Waals surface area (Å²) in [7, 11) is 0. The standard InChI is InChI=1S/C19H22Br2/c1-11-12(2)14(4)19(15(5)13(11)3)18(21)10-16-7-6-8-17(20)9-16/h6-9,18H,10H2,1-5H3. The number of benzene rings is 2. The van der Waals surface area contributed by atoms with Gasteiger partial charge in [0.05, 0.1) is 0 Å². The van der Waals surface area contributed by atoms with E-state index >= 15 is 0 Å². The van der Waals surface area contributed by atoms with E-state index in [2.05, 4.69) is 90.7 Å². The normalized spacial score (nSPS) is 12.5. The van der Waals surface area contributed by atoms with Crippen LogP contribution in [-0.4, -0.2) is 0 Å². The van der Waals surface area contributed by atoms with Crippen LogP contribution in [0, 0.1) is 34.6 Å². The van der Waals surface area contributed by atoms with Gasteiger partial charge < -0.3 is 0 Å². The Balaban J connectivity index is 2.42. The fourth-order valence-electron chi connectivity index (χ4n) is 2.97. The predicted molar refractivity (Wildman–Crippen MR) is 99.6 cm³/mol. The minimum atomic E-state index is 0.352. The third-order valence-corrected chi connectivity index (χ3v) is 5.95. The highest BCUT2D eigenvalue weighted by Gasteiger charge is 2.18. The molecule has 112 valence electrons. The van der Waals surface area contributed by atoms with Crippen molar-refractivity contribution in [3.8, 4) is 0 Å². The monoisotopic (exact) mass is 408 g/mol. The van der Waals surface area contributed by atoms with E-state index in [4.69, 9.17) is 0 Å². The van der Waals surface area contributed by atoms with Crippen molar-refractivity contribution in [2.75, 3.05) is 0 Å². The quantitative estimate of drug-likeness (QED) is 0.496. The van der Waals surface area contributed by atoms with Gasteiger partial charge in [-0.1, -0.05) is 44.0 Å². The van der Waals surface area contributed by atoms with Gasteiger partial charge in [-0.05, 0) is 92.1 Å². The van der Waals surface area contributed by atoms with Crippen LogP contribution in [0.4, 0.5) is 0 Å². The second kappa shape index (κ2) is 6.66. The maximum absolute atomic E-state index is 3.93. The fourth-order valence-corrected chi connectivity index (χ4v) is 4.48. The second-order valence-corrected chi connectivity index (χ2v) is 7.86. The van der Waals surface area contributed by atoms with Crippen LogP contribution in [0.5, 0.6) is 0 Å². The van der Waals surface area contributed by atoms with E-state index in [9.17, 15) is 0 Å². The van der Waals surface area contributed by atoms with E-state index < -0.39 is 0 Å². The molecule has 0 saturated heterocycles. The Morgan fingerprint density at radius 1 is 0.857 bits per heavy atom.